The molecule has 0 bridgehead atoms. The monoisotopic (exact) mass is 232 g/mol. The average molecular weight is 232 g/mol. The number of anilines is 2. The van der Waals surface area contributed by atoms with Crippen LogP contribution < -0.4 is 10.6 Å². The fraction of sp³-hybridized carbons (Fsp3) is 0.455. The lowest BCUT2D eigenvalue weighted by atomic mass is 10.2. The van der Waals surface area contributed by atoms with Crippen molar-refractivity contribution in [3.63, 3.8) is 0 Å². The van der Waals surface area contributed by atoms with Crippen LogP contribution in [0.2, 0.25) is 0 Å². The maximum Gasteiger partial charge on any atom is 0.405 e. The Morgan fingerprint density at radius 3 is 2.38 bits per heavy atom. The first-order valence-corrected chi connectivity index (χ1v) is 4.98. The minimum absolute atomic E-state index is 0.233. The third-order valence-corrected chi connectivity index (χ3v) is 2.17. The molecule has 0 aromatic heterocycles. The van der Waals surface area contributed by atoms with Gasteiger partial charge >= 0.3 is 6.18 Å². The van der Waals surface area contributed by atoms with Gasteiger partial charge in [-0.2, -0.15) is 13.2 Å². The Labute approximate surface area is 92.9 Å². The molecule has 0 aliphatic carbocycles. The molecular weight excluding hydrogens is 217 g/mol. The van der Waals surface area contributed by atoms with Crippen molar-refractivity contribution in [2.24, 2.45) is 0 Å². The first-order valence-electron chi connectivity index (χ1n) is 4.98. The maximum absolute atomic E-state index is 12.4. The SMILES string of the molecule is CC(C)N(CC(F)(F)F)c1cccc(N)c1. The van der Waals surface area contributed by atoms with Gasteiger partial charge in [-0.25, -0.2) is 0 Å². The van der Waals surface area contributed by atoms with Crippen molar-refractivity contribution in [3.8, 4) is 0 Å². The fourth-order valence-corrected chi connectivity index (χ4v) is 1.47. The van der Waals surface area contributed by atoms with Crippen molar-refractivity contribution >= 4 is 11.4 Å². The Morgan fingerprint density at radius 1 is 1.31 bits per heavy atom. The van der Waals surface area contributed by atoms with Gasteiger partial charge in [0, 0.05) is 17.4 Å². The van der Waals surface area contributed by atoms with Crippen LogP contribution in [0.4, 0.5) is 24.5 Å². The summed E-state index contributed by atoms with van der Waals surface area (Å²) in [6, 6.07) is 6.24. The molecule has 0 unspecified atom stereocenters. The minimum atomic E-state index is -4.21. The van der Waals surface area contributed by atoms with E-state index >= 15 is 0 Å². The van der Waals surface area contributed by atoms with Gasteiger partial charge in [0.2, 0.25) is 0 Å². The van der Waals surface area contributed by atoms with Crippen molar-refractivity contribution in [2.45, 2.75) is 26.1 Å². The topological polar surface area (TPSA) is 29.3 Å². The van der Waals surface area contributed by atoms with E-state index < -0.39 is 12.7 Å². The molecule has 0 aliphatic heterocycles. The summed E-state index contributed by atoms with van der Waals surface area (Å²) < 4.78 is 37.1. The Morgan fingerprint density at radius 2 is 1.94 bits per heavy atom. The molecule has 0 amide bonds. The molecule has 2 N–H and O–H groups in total. The molecule has 5 heteroatoms. The van der Waals surface area contributed by atoms with Crippen LogP contribution in [0, 0.1) is 0 Å². The van der Waals surface area contributed by atoms with Crippen LogP contribution in [0.15, 0.2) is 24.3 Å². The molecule has 0 heterocycles. The summed E-state index contributed by atoms with van der Waals surface area (Å²) >= 11 is 0. The third-order valence-electron chi connectivity index (χ3n) is 2.17. The van der Waals surface area contributed by atoms with Crippen LogP contribution in [0.3, 0.4) is 0 Å². The van der Waals surface area contributed by atoms with Gasteiger partial charge in [0.1, 0.15) is 6.54 Å². The van der Waals surface area contributed by atoms with Gasteiger partial charge in [-0.15, -0.1) is 0 Å². The van der Waals surface area contributed by atoms with Crippen LogP contribution in [-0.2, 0) is 0 Å². The van der Waals surface area contributed by atoms with E-state index in [-0.39, 0.29) is 6.04 Å². The highest BCUT2D eigenvalue weighted by Gasteiger charge is 2.31. The molecular formula is C11H15F3N2. The highest BCUT2D eigenvalue weighted by Crippen LogP contribution is 2.25. The summed E-state index contributed by atoms with van der Waals surface area (Å²) in [5.74, 6) is 0. The summed E-state index contributed by atoms with van der Waals surface area (Å²) in [7, 11) is 0. The van der Waals surface area contributed by atoms with E-state index in [0.717, 1.165) is 0 Å². The van der Waals surface area contributed by atoms with Gasteiger partial charge in [-0.1, -0.05) is 6.07 Å². The summed E-state index contributed by atoms with van der Waals surface area (Å²) in [5, 5.41) is 0. The van der Waals surface area contributed by atoms with E-state index in [1.807, 2.05) is 0 Å². The Hall–Kier alpha value is -1.39. The van der Waals surface area contributed by atoms with Gasteiger partial charge in [-0.3, -0.25) is 0 Å². The van der Waals surface area contributed by atoms with Crippen LogP contribution >= 0.6 is 0 Å². The van der Waals surface area contributed by atoms with Crippen molar-refractivity contribution in [2.75, 3.05) is 17.2 Å². The molecule has 0 saturated carbocycles. The van der Waals surface area contributed by atoms with Gasteiger partial charge in [0.15, 0.2) is 0 Å². The maximum atomic E-state index is 12.4. The molecule has 1 aromatic carbocycles. The molecule has 0 aliphatic rings. The van der Waals surface area contributed by atoms with Crippen LogP contribution in [0.5, 0.6) is 0 Å². The smallest absolute Gasteiger partial charge is 0.399 e. The first kappa shape index (κ1) is 12.7. The molecule has 2 nitrogen and oxygen atoms in total. The summed E-state index contributed by atoms with van der Waals surface area (Å²) in [6.07, 6.45) is -4.21. The summed E-state index contributed by atoms with van der Waals surface area (Å²) in [5.41, 5.74) is 6.51. The number of alkyl halides is 3. The molecule has 0 radical (unpaired) electrons. The van der Waals surface area contributed by atoms with E-state index in [2.05, 4.69) is 0 Å². The number of benzene rings is 1. The predicted molar refractivity (Wildman–Crippen MR) is 59.4 cm³/mol. The number of halogens is 3. The second-order valence-electron chi connectivity index (χ2n) is 3.93. The molecule has 1 aromatic rings. The van der Waals surface area contributed by atoms with E-state index in [4.69, 9.17) is 5.73 Å². The lowest BCUT2D eigenvalue weighted by Crippen LogP contribution is -2.39. The molecule has 0 saturated heterocycles. The lowest BCUT2D eigenvalue weighted by Gasteiger charge is -2.30. The molecule has 1 rings (SSSR count). The molecule has 0 fully saturated rings. The standard InChI is InChI=1S/C11H15F3N2/c1-8(2)16(7-11(12,13)14)10-5-3-4-9(15)6-10/h3-6,8H,7,15H2,1-2H3. The summed E-state index contributed by atoms with van der Waals surface area (Å²) in [6.45, 7) is 2.47. The minimum Gasteiger partial charge on any atom is -0.399 e. The Balaban J connectivity index is 2.94. The van der Waals surface area contributed by atoms with Crippen molar-refractivity contribution in [1.82, 2.24) is 0 Å². The Bertz CT molecular complexity index is 347. The number of hydrogen-bond acceptors (Lipinski definition) is 2. The second kappa shape index (κ2) is 4.63. The predicted octanol–water partition coefficient (Wildman–Crippen LogP) is 3.05. The van der Waals surface area contributed by atoms with Crippen molar-refractivity contribution in [3.05, 3.63) is 24.3 Å². The van der Waals surface area contributed by atoms with Gasteiger partial charge in [-0.05, 0) is 32.0 Å². The number of hydrogen-bond donors (Lipinski definition) is 1. The number of rotatable bonds is 3. The lowest BCUT2D eigenvalue weighted by molar-refractivity contribution is -0.120. The normalized spacial score (nSPS) is 11.9. The van der Waals surface area contributed by atoms with Gasteiger partial charge in [0.05, 0.1) is 0 Å². The highest BCUT2D eigenvalue weighted by molar-refractivity contribution is 5.56. The zero-order valence-corrected chi connectivity index (χ0v) is 9.25. The zero-order chi connectivity index (χ0) is 12.3. The summed E-state index contributed by atoms with van der Waals surface area (Å²) in [4.78, 5) is 1.27. The van der Waals surface area contributed by atoms with Crippen molar-refractivity contribution in [1.29, 1.82) is 0 Å². The average Bonchev–Trinajstić information content (AvgIpc) is 2.12. The highest BCUT2D eigenvalue weighted by atomic mass is 19.4. The fourth-order valence-electron chi connectivity index (χ4n) is 1.47. The number of nitrogen functional groups attached to an aromatic ring is 1. The number of nitrogens with zero attached hydrogens (tertiary/aromatic N) is 1. The van der Waals surface area contributed by atoms with Gasteiger partial charge < -0.3 is 10.6 Å². The van der Waals surface area contributed by atoms with E-state index in [9.17, 15) is 13.2 Å². The zero-order valence-electron chi connectivity index (χ0n) is 9.25. The Kier molecular flexibility index (Phi) is 3.67. The molecule has 0 atom stereocenters. The molecule has 0 spiro atoms. The quantitative estimate of drug-likeness (QED) is 0.811. The molecule has 16 heavy (non-hydrogen) atoms. The van der Waals surface area contributed by atoms with Gasteiger partial charge in [0.25, 0.3) is 0 Å². The second-order valence-corrected chi connectivity index (χ2v) is 3.93. The van der Waals surface area contributed by atoms with E-state index in [1.165, 1.54) is 4.90 Å². The van der Waals surface area contributed by atoms with Crippen LogP contribution in [-0.4, -0.2) is 18.8 Å². The molecule has 90 valence electrons. The first-order chi connectivity index (χ1) is 7.29. The van der Waals surface area contributed by atoms with Crippen molar-refractivity contribution < 1.29 is 13.2 Å². The largest absolute Gasteiger partial charge is 0.405 e. The van der Waals surface area contributed by atoms with Crippen LogP contribution in [0.1, 0.15) is 13.8 Å². The number of nitrogens with two attached hydrogens (primary N) is 1. The van der Waals surface area contributed by atoms with E-state index in [0.29, 0.717) is 11.4 Å². The van der Waals surface area contributed by atoms with E-state index in [1.54, 1.807) is 38.1 Å². The van der Waals surface area contributed by atoms with Crippen LogP contribution in [0.25, 0.3) is 0 Å². The third kappa shape index (κ3) is 3.64.